The Bertz CT molecular complexity index is 388. The Hall–Kier alpha value is -1.31. The Morgan fingerprint density at radius 2 is 2.35 bits per heavy atom. The second-order valence-corrected chi connectivity index (χ2v) is 3.64. The molecule has 6 nitrogen and oxygen atoms in total. The van der Waals surface area contributed by atoms with Crippen molar-refractivity contribution in [2.75, 3.05) is 6.61 Å². The van der Waals surface area contributed by atoms with Crippen molar-refractivity contribution >= 4 is 18.7 Å². The predicted molar refractivity (Wildman–Crippen MR) is 63.4 cm³/mol. The number of aliphatic hydroxyl groups is 2. The molecule has 2 atom stereocenters. The lowest BCUT2D eigenvalue weighted by molar-refractivity contribution is -0.0769. The van der Waals surface area contributed by atoms with E-state index in [0.717, 1.165) is 5.56 Å². The van der Waals surface area contributed by atoms with Crippen LogP contribution < -0.4 is 5.73 Å². The first kappa shape index (κ1) is 13.8. The standard InChI is InChI=1S/C10H14N2O4S/c11-10(15)16-9(14)7(4-13)8-6(5-17)2-1-3-12-8/h1-3,7,9,13-14,17H,4-5H2,(H2,11,15)/t7-,9+/m0/s1. The second-order valence-electron chi connectivity index (χ2n) is 3.32. The maximum atomic E-state index is 10.5. The third-order valence-electron chi connectivity index (χ3n) is 2.23. The van der Waals surface area contributed by atoms with Gasteiger partial charge in [0.2, 0.25) is 6.29 Å². The highest BCUT2D eigenvalue weighted by molar-refractivity contribution is 7.79. The molecular formula is C10H14N2O4S. The third kappa shape index (κ3) is 3.58. The number of carbonyl (C=O) groups excluding carboxylic acids is 1. The number of amides is 1. The van der Waals surface area contributed by atoms with E-state index in [0.29, 0.717) is 11.4 Å². The lowest BCUT2D eigenvalue weighted by Crippen LogP contribution is -2.31. The van der Waals surface area contributed by atoms with Gasteiger partial charge in [-0.2, -0.15) is 12.6 Å². The summed E-state index contributed by atoms with van der Waals surface area (Å²) in [5.74, 6) is -0.450. The monoisotopic (exact) mass is 258 g/mol. The van der Waals surface area contributed by atoms with E-state index < -0.39 is 24.9 Å². The van der Waals surface area contributed by atoms with E-state index in [1.807, 2.05) is 0 Å². The fourth-order valence-electron chi connectivity index (χ4n) is 1.43. The molecule has 1 heterocycles. The number of hydrogen-bond acceptors (Lipinski definition) is 6. The van der Waals surface area contributed by atoms with Gasteiger partial charge in [-0.3, -0.25) is 4.98 Å². The van der Waals surface area contributed by atoms with Crippen LogP contribution in [0.3, 0.4) is 0 Å². The van der Waals surface area contributed by atoms with E-state index in [1.54, 1.807) is 12.1 Å². The predicted octanol–water partition coefficient (Wildman–Crippen LogP) is 0.001000. The molecule has 0 saturated carbocycles. The van der Waals surface area contributed by atoms with Crippen LogP contribution in [-0.2, 0) is 10.5 Å². The van der Waals surface area contributed by atoms with E-state index in [1.165, 1.54) is 6.20 Å². The van der Waals surface area contributed by atoms with Crippen molar-refractivity contribution in [3.63, 3.8) is 0 Å². The van der Waals surface area contributed by atoms with Crippen molar-refractivity contribution < 1.29 is 19.7 Å². The minimum atomic E-state index is -1.54. The quantitative estimate of drug-likeness (QED) is 0.439. The molecule has 0 fully saturated rings. The summed E-state index contributed by atoms with van der Waals surface area (Å²) in [5, 5.41) is 18.8. The summed E-state index contributed by atoms with van der Waals surface area (Å²) >= 11 is 4.12. The molecule has 0 saturated heterocycles. The first-order valence-corrected chi connectivity index (χ1v) is 5.53. The van der Waals surface area contributed by atoms with Crippen LogP contribution in [0.5, 0.6) is 0 Å². The van der Waals surface area contributed by atoms with E-state index in [4.69, 9.17) is 5.73 Å². The van der Waals surface area contributed by atoms with Crippen LogP contribution in [0.15, 0.2) is 18.3 Å². The molecule has 1 aromatic rings. The summed E-state index contributed by atoms with van der Waals surface area (Å²) in [7, 11) is 0. The lowest BCUT2D eigenvalue weighted by Gasteiger charge is -2.21. The van der Waals surface area contributed by atoms with Crippen LogP contribution in [0, 0.1) is 0 Å². The molecule has 94 valence electrons. The van der Waals surface area contributed by atoms with Crippen molar-refractivity contribution in [1.29, 1.82) is 0 Å². The maximum absolute atomic E-state index is 10.5. The Morgan fingerprint density at radius 3 is 2.88 bits per heavy atom. The number of carbonyl (C=O) groups is 1. The highest BCUT2D eigenvalue weighted by Gasteiger charge is 2.26. The van der Waals surface area contributed by atoms with Gasteiger partial charge in [-0.05, 0) is 11.6 Å². The smallest absolute Gasteiger partial charge is 0.406 e. The van der Waals surface area contributed by atoms with Crippen molar-refractivity contribution in [2.45, 2.75) is 18.0 Å². The first-order chi connectivity index (χ1) is 8.10. The molecule has 7 heteroatoms. The zero-order chi connectivity index (χ0) is 12.8. The molecule has 1 rings (SSSR count). The molecule has 0 aliphatic rings. The zero-order valence-corrected chi connectivity index (χ0v) is 9.88. The fourth-order valence-corrected chi connectivity index (χ4v) is 1.70. The Kier molecular flexibility index (Phi) is 5.20. The van der Waals surface area contributed by atoms with E-state index in [9.17, 15) is 15.0 Å². The molecule has 17 heavy (non-hydrogen) atoms. The summed E-state index contributed by atoms with van der Waals surface area (Å²) in [6, 6.07) is 3.47. The number of primary amides is 1. The number of nitrogens with two attached hydrogens (primary N) is 1. The number of thiol groups is 1. The molecule has 0 spiro atoms. The first-order valence-electron chi connectivity index (χ1n) is 4.89. The van der Waals surface area contributed by atoms with Gasteiger partial charge in [0.1, 0.15) is 0 Å². The maximum Gasteiger partial charge on any atom is 0.406 e. The van der Waals surface area contributed by atoms with E-state index in [2.05, 4.69) is 22.3 Å². The molecule has 0 unspecified atom stereocenters. The van der Waals surface area contributed by atoms with Crippen molar-refractivity contribution in [3.05, 3.63) is 29.6 Å². The van der Waals surface area contributed by atoms with E-state index >= 15 is 0 Å². The number of aliphatic hydroxyl groups excluding tert-OH is 2. The van der Waals surface area contributed by atoms with Crippen LogP contribution >= 0.6 is 12.6 Å². The van der Waals surface area contributed by atoms with Crippen LogP contribution in [0.1, 0.15) is 17.2 Å². The highest BCUT2D eigenvalue weighted by atomic mass is 32.1. The molecule has 0 aliphatic heterocycles. The van der Waals surface area contributed by atoms with Crippen LogP contribution in [-0.4, -0.2) is 34.2 Å². The number of pyridine rings is 1. The summed E-state index contributed by atoms with van der Waals surface area (Å²) in [6.45, 7) is -0.424. The van der Waals surface area contributed by atoms with Crippen LogP contribution in [0.2, 0.25) is 0 Å². The number of nitrogens with zero attached hydrogens (tertiary/aromatic N) is 1. The minimum Gasteiger partial charge on any atom is -0.419 e. The Balaban J connectivity index is 2.96. The van der Waals surface area contributed by atoms with Gasteiger partial charge in [0, 0.05) is 11.9 Å². The van der Waals surface area contributed by atoms with Crippen LogP contribution in [0.25, 0.3) is 0 Å². The third-order valence-corrected chi connectivity index (χ3v) is 2.57. The van der Waals surface area contributed by atoms with Crippen LogP contribution in [0.4, 0.5) is 4.79 Å². The zero-order valence-electron chi connectivity index (χ0n) is 8.98. The van der Waals surface area contributed by atoms with Gasteiger partial charge in [0.05, 0.1) is 18.2 Å². The summed E-state index contributed by atoms with van der Waals surface area (Å²) in [6.07, 6.45) is -1.13. The van der Waals surface area contributed by atoms with Gasteiger partial charge in [-0.15, -0.1) is 0 Å². The summed E-state index contributed by atoms with van der Waals surface area (Å²) in [4.78, 5) is 14.6. The van der Waals surface area contributed by atoms with Gasteiger partial charge in [0.25, 0.3) is 0 Å². The SMILES string of the molecule is NC(=O)O[C@@H](O)[C@@H](CO)c1ncccc1CS. The van der Waals surface area contributed by atoms with Gasteiger partial charge >= 0.3 is 6.09 Å². The Labute approximate surface area is 104 Å². The average molecular weight is 258 g/mol. The van der Waals surface area contributed by atoms with Crippen molar-refractivity contribution in [3.8, 4) is 0 Å². The average Bonchev–Trinajstić information content (AvgIpc) is 2.29. The number of hydrogen-bond donors (Lipinski definition) is 4. The molecule has 0 bridgehead atoms. The second kappa shape index (κ2) is 6.43. The number of aromatic nitrogens is 1. The number of ether oxygens (including phenoxy) is 1. The topological polar surface area (TPSA) is 106 Å². The molecule has 0 radical (unpaired) electrons. The Morgan fingerprint density at radius 1 is 1.65 bits per heavy atom. The summed E-state index contributed by atoms with van der Waals surface area (Å²) in [5.41, 5.74) is 5.96. The van der Waals surface area contributed by atoms with Gasteiger partial charge < -0.3 is 20.7 Å². The lowest BCUT2D eigenvalue weighted by atomic mass is 10.0. The summed E-state index contributed by atoms with van der Waals surface area (Å²) < 4.78 is 4.43. The van der Waals surface area contributed by atoms with Gasteiger partial charge in [0.15, 0.2) is 0 Å². The molecule has 1 amide bonds. The van der Waals surface area contributed by atoms with Crippen molar-refractivity contribution in [2.24, 2.45) is 5.73 Å². The minimum absolute atomic E-state index is 0.392. The molecule has 1 aromatic heterocycles. The van der Waals surface area contributed by atoms with Gasteiger partial charge in [-0.1, -0.05) is 6.07 Å². The highest BCUT2D eigenvalue weighted by Crippen LogP contribution is 2.22. The molecule has 0 aliphatic carbocycles. The molecule has 0 aromatic carbocycles. The van der Waals surface area contributed by atoms with E-state index in [-0.39, 0.29) is 0 Å². The van der Waals surface area contributed by atoms with Crippen molar-refractivity contribution in [1.82, 2.24) is 4.98 Å². The number of rotatable bonds is 5. The molecular weight excluding hydrogens is 244 g/mol. The van der Waals surface area contributed by atoms with Gasteiger partial charge in [-0.25, -0.2) is 4.79 Å². The molecule has 4 N–H and O–H groups in total. The normalized spacial score (nSPS) is 14.1. The largest absolute Gasteiger partial charge is 0.419 e. The fraction of sp³-hybridized carbons (Fsp3) is 0.400.